The number of urea groups is 1. The van der Waals surface area contributed by atoms with Gasteiger partial charge in [-0.2, -0.15) is 0 Å². The summed E-state index contributed by atoms with van der Waals surface area (Å²) in [6.07, 6.45) is 0. The number of fused-ring (bicyclic) bond motifs is 1. The summed E-state index contributed by atoms with van der Waals surface area (Å²) >= 11 is 6.08. The fourth-order valence-electron chi connectivity index (χ4n) is 2.66. The van der Waals surface area contributed by atoms with Crippen LogP contribution >= 0.6 is 11.6 Å². The summed E-state index contributed by atoms with van der Waals surface area (Å²) in [6.45, 7) is 3.29. The van der Waals surface area contributed by atoms with Crippen LogP contribution in [0.4, 0.5) is 10.5 Å². The SMILES string of the molecule is CCn1c(CN(C)C(=O)Nc2ccccc2Cl)nc2ccccc21. The van der Waals surface area contributed by atoms with E-state index in [-0.39, 0.29) is 6.03 Å². The molecule has 0 aliphatic heterocycles. The third-order valence-corrected chi connectivity index (χ3v) is 4.22. The Bertz CT molecular complexity index is 874. The molecule has 3 aromatic rings. The number of amides is 2. The number of nitrogens with one attached hydrogen (secondary N) is 1. The van der Waals surface area contributed by atoms with Crippen LogP contribution in [0.5, 0.6) is 0 Å². The molecule has 0 unspecified atom stereocenters. The number of carbonyl (C=O) groups excluding carboxylic acids is 1. The van der Waals surface area contributed by atoms with Gasteiger partial charge in [-0.1, -0.05) is 35.9 Å². The van der Waals surface area contributed by atoms with Gasteiger partial charge < -0.3 is 14.8 Å². The van der Waals surface area contributed by atoms with Crippen molar-refractivity contribution in [1.82, 2.24) is 14.5 Å². The zero-order valence-corrected chi connectivity index (χ0v) is 14.4. The monoisotopic (exact) mass is 342 g/mol. The van der Waals surface area contributed by atoms with Gasteiger partial charge >= 0.3 is 6.03 Å². The molecule has 5 nitrogen and oxygen atoms in total. The molecule has 0 fully saturated rings. The van der Waals surface area contributed by atoms with Crippen LogP contribution < -0.4 is 5.32 Å². The Morgan fingerprint density at radius 3 is 2.67 bits per heavy atom. The molecular weight excluding hydrogens is 324 g/mol. The molecule has 0 saturated carbocycles. The minimum absolute atomic E-state index is 0.224. The Hall–Kier alpha value is -2.53. The summed E-state index contributed by atoms with van der Waals surface area (Å²) in [4.78, 5) is 18.6. The molecule has 0 bridgehead atoms. The lowest BCUT2D eigenvalue weighted by atomic mass is 10.3. The van der Waals surface area contributed by atoms with Gasteiger partial charge in [0.2, 0.25) is 0 Å². The highest BCUT2D eigenvalue weighted by Crippen LogP contribution is 2.21. The van der Waals surface area contributed by atoms with E-state index in [9.17, 15) is 4.79 Å². The Labute approximate surface area is 145 Å². The maximum atomic E-state index is 12.4. The second-order valence-electron chi connectivity index (χ2n) is 5.53. The lowest BCUT2D eigenvalue weighted by molar-refractivity contribution is 0.219. The van der Waals surface area contributed by atoms with Crippen LogP contribution in [0.25, 0.3) is 11.0 Å². The lowest BCUT2D eigenvalue weighted by Crippen LogP contribution is -2.32. The maximum absolute atomic E-state index is 12.4. The van der Waals surface area contributed by atoms with E-state index in [1.54, 1.807) is 24.1 Å². The highest BCUT2D eigenvalue weighted by Gasteiger charge is 2.15. The van der Waals surface area contributed by atoms with Crippen molar-refractivity contribution in [3.63, 3.8) is 0 Å². The van der Waals surface area contributed by atoms with E-state index >= 15 is 0 Å². The molecule has 0 radical (unpaired) electrons. The average Bonchev–Trinajstić information content (AvgIpc) is 2.93. The Morgan fingerprint density at radius 1 is 1.21 bits per heavy atom. The van der Waals surface area contributed by atoms with Crippen LogP contribution in [0.2, 0.25) is 5.02 Å². The number of anilines is 1. The number of hydrogen-bond donors (Lipinski definition) is 1. The van der Waals surface area contributed by atoms with Gasteiger partial charge in [0.05, 0.1) is 28.3 Å². The van der Waals surface area contributed by atoms with E-state index in [0.717, 1.165) is 23.4 Å². The molecule has 6 heteroatoms. The van der Waals surface area contributed by atoms with Crippen LogP contribution in [0.3, 0.4) is 0 Å². The van der Waals surface area contributed by atoms with Crippen molar-refractivity contribution in [2.45, 2.75) is 20.0 Å². The normalized spacial score (nSPS) is 10.8. The fraction of sp³-hybridized carbons (Fsp3) is 0.222. The molecule has 0 aliphatic carbocycles. The molecule has 1 N–H and O–H groups in total. The number of halogens is 1. The molecule has 1 heterocycles. The van der Waals surface area contributed by atoms with Crippen LogP contribution in [0.15, 0.2) is 48.5 Å². The highest BCUT2D eigenvalue weighted by molar-refractivity contribution is 6.33. The number of imidazole rings is 1. The van der Waals surface area contributed by atoms with Crippen molar-refractivity contribution >= 4 is 34.4 Å². The van der Waals surface area contributed by atoms with E-state index in [4.69, 9.17) is 11.6 Å². The third kappa shape index (κ3) is 3.21. The number of benzene rings is 2. The largest absolute Gasteiger partial charge is 0.327 e. The zero-order chi connectivity index (χ0) is 17.1. The number of carbonyl (C=O) groups is 1. The first kappa shape index (κ1) is 16.3. The molecular formula is C18H19ClN4O. The summed E-state index contributed by atoms with van der Waals surface area (Å²) in [5.41, 5.74) is 2.61. The van der Waals surface area contributed by atoms with E-state index in [0.29, 0.717) is 17.3 Å². The standard InChI is InChI=1S/C18H19ClN4O/c1-3-23-16-11-7-6-10-15(16)20-17(23)12-22(2)18(24)21-14-9-5-4-8-13(14)19/h4-11H,3,12H2,1-2H3,(H,21,24). The summed E-state index contributed by atoms with van der Waals surface area (Å²) in [5.74, 6) is 0.857. The van der Waals surface area contributed by atoms with Gasteiger partial charge in [0.25, 0.3) is 0 Å². The minimum Gasteiger partial charge on any atom is -0.327 e. The van der Waals surface area contributed by atoms with Crippen LogP contribution in [0.1, 0.15) is 12.7 Å². The molecule has 2 amide bonds. The molecule has 0 saturated heterocycles. The molecule has 2 aromatic carbocycles. The first-order valence-electron chi connectivity index (χ1n) is 7.81. The minimum atomic E-state index is -0.224. The van der Waals surface area contributed by atoms with Crippen LogP contribution in [-0.2, 0) is 13.1 Å². The summed E-state index contributed by atoms with van der Waals surface area (Å²) in [5, 5.41) is 3.33. The first-order chi connectivity index (χ1) is 11.6. The Morgan fingerprint density at radius 2 is 1.92 bits per heavy atom. The van der Waals surface area contributed by atoms with Crippen LogP contribution in [0, 0.1) is 0 Å². The van der Waals surface area contributed by atoms with Gasteiger partial charge in [0, 0.05) is 13.6 Å². The smallest absolute Gasteiger partial charge is 0.322 e. The Kier molecular flexibility index (Phi) is 4.71. The molecule has 0 atom stereocenters. The summed E-state index contributed by atoms with van der Waals surface area (Å²) < 4.78 is 2.12. The zero-order valence-electron chi connectivity index (χ0n) is 13.7. The topological polar surface area (TPSA) is 50.2 Å². The second-order valence-corrected chi connectivity index (χ2v) is 5.93. The van der Waals surface area contributed by atoms with Gasteiger partial charge in [0.15, 0.2) is 0 Å². The number of hydrogen-bond acceptors (Lipinski definition) is 2. The van der Waals surface area contributed by atoms with Crippen molar-refractivity contribution in [3.05, 3.63) is 59.4 Å². The molecule has 3 rings (SSSR count). The molecule has 0 spiro atoms. The van der Waals surface area contributed by atoms with E-state index < -0.39 is 0 Å². The van der Waals surface area contributed by atoms with Gasteiger partial charge in [-0.05, 0) is 31.2 Å². The maximum Gasteiger partial charge on any atom is 0.322 e. The number of aromatic nitrogens is 2. The number of nitrogens with zero attached hydrogens (tertiary/aromatic N) is 3. The Balaban J connectivity index is 1.78. The summed E-state index contributed by atoms with van der Waals surface area (Å²) in [6, 6.07) is 14.9. The predicted molar refractivity (Wildman–Crippen MR) is 97.3 cm³/mol. The molecule has 24 heavy (non-hydrogen) atoms. The molecule has 124 valence electrons. The van der Waals surface area contributed by atoms with Gasteiger partial charge in [-0.15, -0.1) is 0 Å². The van der Waals surface area contributed by atoms with Crippen molar-refractivity contribution in [3.8, 4) is 0 Å². The fourth-order valence-corrected chi connectivity index (χ4v) is 2.84. The highest BCUT2D eigenvalue weighted by atomic mass is 35.5. The van der Waals surface area contributed by atoms with Crippen molar-refractivity contribution in [2.24, 2.45) is 0 Å². The lowest BCUT2D eigenvalue weighted by Gasteiger charge is -2.18. The van der Waals surface area contributed by atoms with Gasteiger partial charge in [-0.3, -0.25) is 0 Å². The van der Waals surface area contributed by atoms with E-state index in [2.05, 4.69) is 21.8 Å². The molecule has 1 aromatic heterocycles. The first-order valence-corrected chi connectivity index (χ1v) is 8.18. The van der Waals surface area contributed by atoms with Crippen molar-refractivity contribution in [1.29, 1.82) is 0 Å². The quantitative estimate of drug-likeness (QED) is 0.765. The van der Waals surface area contributed by atoms with Crippen molar-refractivity contribution < 1.29 is 4.79 Å². The number of para-hydroxylation sites is 3. The third-order valence-electron chi connectivity index (χ3n) is 3.89. The van der Waals surface area contributed by atoms with Gasteiger partial charge in [0.1, 0.15) is 5.82 Å². The van der Waals surface area contributed by atoms with Gasteiger partial charge in [-0.25, -0.2) is 9.78 Å². The van der Waals surface area contributed by atoms with Crippen LogP contribution in [-0.4, -0.2) is 27.5 Å². The predicted octanol–water partition coefficient (Wildman–Crippen LogP) is 4.37. The molecule has 0 aliphatic rings. The van der Waals surface area contributed by atoms with E-state index in [1.165, 1.54) is 0 Å². The second kappa shape index (κ2) is 6.93. The average molecular weight is 343 g/mol. The summed E-state index contributed by atoms with van der Waals surface area (Å²) in [7, 11) is 1.74. The van der Waals surface area contributed by atoms with E-state index in [1.807, 2.05) is 36.4 Å². The number of aryl methyl sites for hydroxylation is 1. The van der Waals surface area contributed by atoms with Crippen molar-refractivity contribution in [2.75, 3.05) is 12.4 Å². The number of rotatable bonds is 4.